The van der Waals surface area contributed by atoms with E-state index in [0.29, 0.717) is 28.8 Å². The second-order valence-electron chi connectivity index (χ2n) is 4.99. The van der Waals surface area contributed by atoms with Crippen LogP contribution in [0.3, 0.4) is 0 Å². The van der Waals surface area contributed by atoms with E-state index >= 15 is 0 Å². The fraction of sp³-hybridized carbons (Fsp3) is 0.375. The van der Waals surface area contributed by atoms with Crippen molar-refractivity contribution in [3.63, 3.8) is 0 Å². The zero-order chi connectivity index (χ0) is 16.8. The van der Waals surface area contributed by atoms with Crippen LogP contribution in [-0.2, 0) is 6.61 Å². The van der Waals surface area contributed by atoms with Crippen molar-refractivity contribution >= 4 is 17.5 Å². The van der Waals surface area contributed by atoms with E-state index < -0.39 is 0 Å². The molecule has 1 aromatic heterocycles. The molecule has 0 bridgehead atoms. The number of ether oxygens (including phenoxy) is 2. The van der Waals surface area contributed by atoms with Gasteiger partial charge < -0.3 is 18.9 Å². The monoisotopic (exact) mass is 338 g/mol. The number of hydrogen-bond donors (Lipinski definition) is 0. The zero-order valence-corrected chi connectivity index (χ0v) is 14.1. The topological polar surface area (TPSA) is 64.8 Å². The van der Waals surface area contributed by atoms with Gasteiger partial charge in [0, 0.05) is 30.7 Å². The number of carbonyl (C=O) groups is 1. The lowest BCUT2D eigenvalue weighted by Crippen LogP contribution is -2.27. The Morgan fingerprint density at radius 1 is 1.35 bits per heavy atom. The number of rotatable bonds is 7. The van der Waals surface area contributed by atoms with Gasteiger partial charge in [-0.15, -0.1) is 0 Å². The molecule has 0 aliphatic heterocycles. The Kier molecular flexibility index (Phi) is 5.87. The van der Waals surface area contributed by atoms with Crippen LogP contribution in [0.15, 0.2) is 28.8 Å². The molecule has 0 fully saturated rings. The van der Waals surface area contributed by atoms with Gasteiger partial charge in [-0.05, 0) is 18.6 Å². The number of methoxy groups -OCH3 is 1. The molecule has 0 aliphatic rings. The summed E-state index contributed by atoms with van der Waals surface area (Å²) < 4.78 is 16.0. The van der Waals surface area contributed by atoms with Crippen LogP contribution in [0, 0.1) is 0 Å². The molecule has 0 atom stereocenters. The van der Waals surface area contributed by atoms with Crippen molar-refractivity contribution in [3.05, 3.63) is 40.7 Å². The molecule has 0 spiro atoms. The number of nitrogens with zero attached hydrogens (tertiary/aromatic N) is 2. The Bertz CT molecular complexity index is 672. The molecule has 1 heterocycles. The molecule has 1 amide bonds. The third kappa shape index (κ3) is 4.39. The van der Waals surface area contributed by atoms with E-state index in [1.165, 1.54) is 7.11 Å². The molecule has 6 nitrogen and oxygen atoms in total. The standard InChI is InChI=1S/C16H19ClN2O4/c1-4-7-19(2)16(20)13-9-12(23-18-13)10-22-14-6-5-11(17)8-15(14)21-3/h5-6,8-9H,4,7,10H2,1-3H3. The summed E-state index contributed by atoms with van der Waals surface area (Å²) in [4.78, 5) is 13.7. The summed E-state index contributed by atoms with van der Waals surface area (Å²) in [6.45, 7) is 2.81. The smallest absolute Gasteiger partial charge is 0.275 e. The van der Waals surface area contributed by atoms with Gasteiger partial charge in [0.2, 0.25) is 0 Å². The van der Waals surface area contributed by atoms with Gasteiger partial charge in [-0.1, -0.05) is 23.7 Å². The highest BCUT2D eigenvalue weighted by molar-refractivity contribution is 6.30. The molecule has 0 saturated carbocycles. The van der Waals surface area contributed by atoms with Crippen molar-refractivity contribution in [2.75, 3.05) is 20.7 Å². The van der Waals surface area contributed by atoms with Crippen molar-refractivity contribution < 1.29 is 18.8 Å². The van der Waals surface area contributed by atoms with Crippen molar-refractivity contribution in [1.29, 1.82) is 0 Å². The van der Waals surface area contributed by atoms with Crippen LogP contribution >= 0.6 is 11.6 Å². The molecule has 0 N–H and O–H groups in total. The highest BCUT2D eigenvalue weighted by atomic mass is 35.5. The molecule has 2 rings (SSSR count). The molecule has 1 aromatic carbocycles. The number of benzene rings is 1. The molecule has 124 valence electrons. The summed E-state index contributed by atoms with van der Waals surface area (Å²) in [7, 11) is 3.27. The summed E-state index contributed by atoms with van der Waals surface area (Å²) in [5.41, 5.74) is 0.266. The van der Waals surface area contributed by atoms with Crippen molar-refractivity contribution in [2.45, 2.75) is 20.0 Å². The first-order chi connectivity index (χ1) is 11.0. The Balaban J connectivity index is 2.01. The lowest BCUT2D eigenvalue weighted by Gasteiger charge is -2.13. The Morgan fingerprint density at radius 3 is 2.83 bits per heavy atom. The lowest BCUT2D eigenvalue weighted by atomic mass is 10.3. The van der Waals surface area contributed by atoms with Gasteiger partial charge in [-0.25, -0.2) is 0 Å². The van der Waals surface area contributed by atoms with Crippen molar-refractivity contribution in [2.24, 2.45) is 0 Å². The molecule has 23 heavy (non-hydrogen) atoms. The number of hydrogen-bond acceptors (Lipinski definition) is 5. The van der Waals surface area contributed by atoms with E-state index in [2.05, 4.69) is 5.16 Å². The summed E-state index contributed by atoms with van der Waals surface area (Å²) in [5, 5.41) is 4.35. The van der Waals surface area contributed by atoms with E-state index in [1.807, 2.05) is 6.92 Å². The average molecular weight is 339 g/mol. The normalized spacial score (nSPS) is 10.4. The number of aromatic nitrogens is 1. The third-order valence-corrected chi connectivity index (χ3v) is 3.41. The molecule has 0 unspecified atom stereocenters. The zero-order valence-electron chi connectivity index (χ0n) is 13.3. The minimum atomic E-state index is -0.175. The molecule has 0 radical (unpaired) electrons. The van der Waals surface area contributed by atoms with Gasteiger partial charge >= 0.3 is 0 Å². The van der Waals surface area contributed by atoms with Gasteiger partial charge in [0.15, 0.2) is 23.0 Å². The molecular formula is C16H19ClN2O4. The quantitative estimate of drug-likeness (QED) is 0.774. The first-order valence-corrected chi connectivity index (χ1v) is 7.60. The van der Waals surface area contributed by atoms with E-state index in [0.717, 1.165) is 6.42 Å². The molecule has 0 saturated heterocycles. The van der Waals surface area contributed by atoms with Crippen molar-refractivity contribution in [3.8, 4) is 11.5 Å². The first-order valence-electron chi connectivity index (χ1n) is 7.22. The fourth-order valence-corrected chi connectivity index (χ4v) is 2.19. The van der Waals surface area contributed by atoms with Gasteiger partial charge in [0.05, 0.1) is 7.11 Å². The average Bonchev–Trinajstić information content (AvgIpc) is 3.02. The molecular weight excluding hydrogens is 320 g/mol. The largest absolute Gasteiger partial charge is 0.493 e. The fourth-order valence-electron chi connectivity index (χ4n) is 2.02. The maximum atomic E-state index is 12.1. The molecule has 2 aromatic rings. The van der Waals surface area contributed by atoms with Crippen LogP contribution in [0.2, 0.25) is 5.02 Å². The van der Waals surface area contributed by atoms with Gasteiger partial charge in [0.1, 0.15) is 6.61 Å². The Morgan fingerprint density at radius 2 is 2.13 bits per heavy atom. The Hall–Kier alpha value is -2.21. The van der Waals surface area contributed by atoms with Crippen LogP contribution in [0.1, 0.15) is 29.6 Å². The van der Waals surface area contributed by atoms with E-state index in [9.17, 15) is 4.79 Å². The first kappa shape index (κ1) is 17.1. The maximum absolute atomic E-state index is 12.1. The van der Waals surface area contributed by atoms with Crippen LogP contribution in [0.4, 0.5) is 0 Å². The number of amides is 1. The second-order valence-corrected chi connectivity index (χ2v) is 5.43. The summed E-state index contributed by atoms with van der Waals surface area (Å²) in [5.74, 6) is 1.33. The highest BCUT2D eigenvalue weighted by Gasteiger charge is 2.17. The Labute approximate surface area is 139 Å². The third-order valence-electron chi connectivity index (χ3n) is 3.18. The van der Waals surface area contributed by atoms with Crippen molar-refractivity contribution in [1.82, 2.24) is 10.1 Å². The lowest BCUT2D eigenvalue weighted by molar-refractivity contribution is 0.0784. The second kappa shape index (κ2) is 7.87. The SMILES string of the molecule is CCCN(C)C(=O)c1cc(COc2ccc(Cl)cc2OC)on1. The van der Waals surface area contributed by atoms with Gasteiger partial charge in [-0.2, -0.15) is 0 Å². The number of halogens is 1. The van der Waals surface area contributed by atoms with Crippen LogP contribution in [0.25, 0.3) is 0 Å². The van der Waals surface area contributed by atoms with Gasteiger partial charge in [0.25, 0.3) is 5.91 Å². The van der Waals surface area contributed by atoms with E-state index in [1.54, 1.807) is 36.2 Å². The predicted molar refractivity (Wildman–Crippen MR) is 86.1 cm³/mol. The van der Waals surface area contributed by atoms with Crippen LogP contribution in [-0.4, -0.2) is 36.7 Å². The number of carbonyl (C=O) groups excluding carboxylic acids is 1. The molecule has 7 heteroatoms. The molecule has 0 aliphatic carbocycles. The van der Waals surface area contributed by atoms with Crippen LogP contribution in [0.5, 0.6) is 11.5 Å². The summed E-state index contributed by atoms with van der Waals surface area (Å²) in [6.07, 6.45) is 0.881. The van der Waals surface area contributed by atoms with Crippen LogP contribution < -0.4 is 9.47 Å². The van der Waals surface area contributed by atoms with Gasteiger partial charge in [-0.3, -0.25) is 4.79 Å². The minimum Gasteiger partial charge on any atom is -0.493 e. The highest BCUT2D eigenvalue weighted by Crippen LogP contribution is 2.30. The summed E-state index contributed by atoms with van der Waals surface area (Å²) >= 11 is 5.90. The maximum Gasteiger partial charge on any atom is 0.275 e. The summed E-state index contributed by atoms with van der Waals surface area (Å²) in [6, 6.07) is 6.65. The van der Waals surface area contributed by atoms with E-state index in [4.69, 9.17) is 25.6 Å². The minimum absolute atomic E-state index is 0.135. The predicted octanol–water partition coefficient (Wildman–Crippen LogP) is 3.40. The van der Waals surface area contributed by atoms with E-state index in [-0.39, 0.29) is 18.2 Å².